The first-order valence-electron chi connectivity index (χ1n) is 12.4. The molecule has 8 heteroatoms. The number of nitrogens with one attached hydrogen (secondary N) is 1. The summed E-state index contributed by atoms with van der Waals surface area (Å²) in [6.07, 6.45) is 4.01. The number of fused-ring (bicyclic) bond motifs is 3. The molecular weight excluding hydrogens is 480 g/mol. The molecule has 3 fully saturated rings. The molecule has 2 amide bonds. The van der Waals surface area contributed by atoms with Gasteiger partial charge < -0.3 is 10.2 Å². The summed E-state index contributed by atoms with van der Waals surface area (Å²) < 4.78 is 1.08. The number of piperidine rings is 1. The van der Waals surface area contributed by atoms with E-state index in [-0.39, 0.29) is 29.1 Å². The summed E-state index contributed by atoms with van der Waals surface area (Å²) in [6, 6.07) is 8.82. The van der Waals surface area contributed by atoms with E-state index in [9.17, 15) is 9.59 Å². The molecule has 1 aromatic carbocycles. The van der Waals surface area contributed by atoms with Crippen molar-refractivity contribution in [2.45, 2.75) is 39.3 Å². The maximum atomic E-state index is 12.9. The standard InChI is InChI=1S/C27H27ClN4O2S/c1-27(2)21-22(27)26(34)32(25(21)33)13-17-10-20-24(35-17)18(5-6-30-20)19-9-15(28)8-14-4-3-7-31(23(14)19)16-11-29-12-16/h5-6,8-10,16,21-22,29H,3-4,7,11-13H2,1-2H3. The zero-order valence-electron chi connectivity index (χ0n) is 19.8. The zero-order valence-corrected chi connectivity index (χ0v) is 21.4. The van der Waals surface area contributed by atoms with Gasteiger partial charge in [0, 0.05) is 52.5 Å². The van der Waals surface area contributed by atoms with Crippen LogP contribution in [0.3, 0.4) is 0 Å². The van der Waals surface area contributed by atoms with Crippen LogP contribution in [0.25, 0.3) is 21.3 Å². The average Bonchev–Trinajstić information content (AvgIpc) is 3.03. The van der Waals surface area contributed by atoms with Crippen LogP contribution in [0.5, 0.6) is 0 Å². The minimum atomic E-state index is -0.187. The van der Waals surface area contributed by atoms with Crippen LogP contribution in [-0.4, -0.2) is 47.4 Å². The number of nitrogens with zero attached hydrogens (tertiary/aromatic N) is 3. The van der Waals surface area contributed by atoms with Gasteiger partial charge in [-0.3, -0.25) is 19.5 Å². The van der Waals surface area contributed by atoms with Crippen LogP contribution in [0, 0.1) is 17.3 Å². The van der Waals surface area contributed by atoms with Crippen molar-refractivity contribution in [3.05, 3.63) is 45.9 Å². The second-order valence-electron chi connectivity index (χ2n) is 10.9. The van der Waals surface area contributed by atoms with E-state index in [1.807, 2.05) is 26.1 Å². The van der Waals surface area contributed by atoms with Crippen molar-refractivity contribution in [3.63, 3.8) is 0 Å². The fourth-order valence-electron chi connectivity index (χ4n) is 6.39. The molecule has 2 unspecified atom stereocenters. The number of rotatable bonds is 4. The zero-order chi connectivity index (χ0) is 24.1. The molecule has 180 valence electrons. The first-order chi connectivity index (χ1) is 16.8. The molecular formula is C27H27ClN4O2S. The highest BCUT2D eigenvalue weighted by atomic mass is 35.5. The summed E-state index contributed by atoms with van der Waals surface area (Å²) in [6.45, 7) is 7.42. The predicted molar refractivity (Wildman–Crippen MR) is 139 cm³/mol. The molecule has 1 saturated carbocycles. The van der Waals surface area contributed by atoms with Crippen LogP contribution in [0.4, 0.5) is 5.69 Å². The summed E-state index contributed by atoms with van der Waals surface area (Å²) in [7, 11) is 0. The summed E-state index contributed by atoms with van der Waals surface area (Å²) in [5, 5.41) is 4.16. The molecule has 0 bridgehead atoms. The molecule has 5 heterocycles. The third-order valence-electron chi connectivity index (χ3n) is 8.45. The topological polar surface area (TPSA) is 65.5 Å². The summed E-state index contributed by atoms with van der Waals surface area (Å²) >= 11 is 8.25. The average molecular weight is 507 g/mol. The molecule has 3 aliphatic heterocycles. The summed E-state index contributed by atoms with van der Waals surface area (Å²) in [4.78, 5) is 35.4. The number of aromatic nitrogens is 1. The molecule has 2 aromatic heterocycles. The van der Waals surface area contributed by atoms with Crippen LogP contribution >= 0.6 is 22.9 Å². The Bertz CT molecular complexity index is 1390. The monoisotopic (exact) mass is 506 g/mol. The van der Waals surface area contributed by atoms with E-state index >= 15 is 0 Å². The SMILES string of the molecule is CC1(C)C2C(=O)N(Cc3cc4nccc(-c5cc(Cl)cc6c5N(C5CNC5)CCC6)c4s3)C(=O)C21. The van der Waals surface area contributed by atoms with Gasteiger partial charge in [-0.25, -0.2) is 0 Å². The lowest BCUT2D eigenvalue weighted by atomic mass is 9.92. The number of anilines is 1. The number of hydrogen-bond acceptors (Lipinski definition) is 6. The smallest absolute Gasteiger partial charge is 0.234 e. The second-order valence-corrected chi connectivity index (χ2v) is 12.5. The van der Waals surface area contributed by atoms with Gasteiger partial charge in [-0.2, -0.15) is 0 Å². The number of aryl methyl sites for hydroxylation is 1. The number of amides is 2. The van der Waals surface area contributed by atoms with Crippen molar-refractivity contribution in [1.29, 1.82) is 0 Å². The molecule has 3 aromatic rings. The molecule has 2 atom stereocenters. The Kier molecular flexibility index (Phi) is 4.67. The van der Waals surface area contributed by atoms with Crippen molar-refractivity contribution < 1.29 is 9.59 Å². The molecule has 35 heavy (non-hydrogen) atoms. The number of hydrogen-bond donors (Lipinski definition) is 1. The van der Waals surface area contributed by atoms with E-state index in [0.29, 0.717) is 12.6 Å². The van der Waals surface area contributed by atoms with Crippen LogP contribution < -0.4 is 10.2 Å². The third-order valence-corrected chi connectivity index (χ3v) is 9.81. The largest absolute Gasteiger partial charge is 0.365 e. The number of pyridine rings is 1. The van der Waals surface area contributed by atoms with E-state index < -0.39 is 0 Å². The molecule has 0 radical (unpaired) electrons. The Morgan fingerprint density at radius 1 is 1.14 bits per heavy atom. The molecule has 2 saturated heterocycles. The van der Waals surface area contributed by atoms with Gasteiger partial charge in [0.05, 0.1) is 34.6 Å². The van der Waals surface area contributed by atoms with Crippen molar-refractivity contribution in [3.8, 4) is 11.1 Å². The highest BCUT2D eigenvalue weighted by Gasteiger charge is 2.72. The number of carbonyl (C=O) groups excluding carboxylic acids is 2. The minimum Gasteiger partial charge on any atom is -0.365 e. The Hall–Kier alpha value is -2.48. The van der Waals surface area contributed by atoms with Gasteiger partial charge in [0.2, 0.25) is 11.8 Å². The number of likely N-dealkylation sites (tertiary alicyclic amines) is 1. The van der Waals surface area contributed by atoms with Gasteiger partial charge >= 0.3 is 0 Å². The minimum absolute atomic E-state index is 0.0238. The molecule has 0 spiro atoms. The Labute approximate surface area is 213 Å². The van der Waals surface area contributed by atoms with Gasteiger partial charge in [-0.15, -0.1) is 11.3 Å². The predicted octanol–water partition coefficient (Wildman–Crippen LogP) is 4.48. The van der Waals surface area contributed by atoms with Crippen molar-refractivity contribution in [1.82, 2.24) is 15.2 Å². The molecule has 1 aliphatic carbocycles. The van der Waals surface area contributed by atoms with Gasteiger partial charge in [-0.05, 0) is 48.1 Å². The normalized spacial score (nSPS) is 25.1. The Balaban J connectivity index is 1.29. The van der Waals surface area contributed by atoms with E-state index in [2.05, 4.69) is 33.4 Å². The first-order valence-corrected chi connectivity index (χ1v) is 13.6. The van der Waals surface area contributed by atoms with Crippen molar-refractivity contribution >= 4 is 50.7 Å². The van der Waals surface area contributed by atoms with E-state index in [1.165, 1.54) is 16.2 Å². The van der Waals surface area contributed by atoms with Gasteiger partial charge in [-0.1, -0.05) is 25.4 Å². The summed E-state index contributed by atoms with van der Waals surface area (Å²) in [5.74, 6) is -0.348. The van der Waals surface area contributed by atoms with Crippen LogP contribution in [0.2, 0.25) is 5.02 Å². The number of benzene rings is 1. The van der Waals surface area contributed by atoms with Gasteiger partial charge in [0.25, 0.3) is 0 Å². The Morgan fingerprint density at radius 2 is 1.91 bits per heavy atom. The number of carbonyl (C=O) groups is 2. The molecule has 7 rings (SSSR count). The number of imide groups is 1. The molecule has 4 aliphatic rings. The maximum Gasteiger partial charge on any atom is 0.234 e. The molecule has 6 nitrogen and oxygen atoms in total. The van der Waals surface area contributed by atoms with E-state index in [1.54, 1.807) is 11.3 Å². The fraction of sp³-hybridized carbons (Fsp3) is 0.444. The highest BCUT2D eigenvalue weighted by Crippen LogP contribution is 2.63. The third kappa shape index (κ3) is 3.14. The van der Waals surface area contributed by atoms with Gasteiger partial charge in [0.15, 0.2) is 0 Å². The summed E-state index contributed by atoms with van der Waals surface area (Å²) in [5.41, 5.74) is 5.58. The van der Waals surface area contributed by atoms with E-state index in [0.717, 1.165) is 63.7 Å². The fourth-order valence-corrected chi connectivity index (χ4v) is 7.77. The Morgan fingerprint density at radius 3 is 2.63 bits per heavy atom. The quantitative estimate of drug-likeness (QED) is 0.528. The van der Waals surface area contributed by atoms with Crippen LogP contribution in [0.15, 0.2) is 30.5 Å². The van der Waals surface area contributed by atoms with Crippen LogP contribution in [0.1, 0.15) is 30.7 Å². The lowest BCUT2D eigenvalue weighted by Gasteiger charge is -2.44. The highest BCUT2D eigenvalue weighted by molar-refractivity contribution is 7.19. The van der Waals surface area contributed by atoms with Crippen molar-refractivity contribution in [2.24, 2.45) is 17.3 Å². The van der Waals surface area contributed by atoms with Gasteiger partial charge in [0.1, 0.15) is 0 Å². The lowest BCUT2D eigenvalue weighted by molar-refractivity contribution is -0.143. The first kappa shape index (κ1) is 21.8. The number of thiophene rings is 1. The maximum absolute atomic E-state index is 12.9. The second kappa shape index (κ2) is 7.51. The molecule has 1 N–H and O–H groups in total. The lowest BCUT2D eigenvalue weighted by Crippen LogP contribution is -2.58. The van der Waals surface area contributed by atoms with Crippen molar-refractivity contribution in [2.75, 3.05) is 24.5 Å². The van der Waals surface area contributed by atoms with Crippen LogP contribution in [-0.2, 0) is 22.6 Å². The van der Waals surface area contributed by atoms with E-state index in [4.69, 9.17) is 11.6 Å². The number of halogens is 1.